The molecule has 134 valence electrons. The van der Waals surface area contributed by atoms with Gasteiger partial charge in [0.15, 0.2) is 5.16 Å². The molecule has 0 aliphatic carbocycles. The molecule has 2 aromatic carbocycles. The van der Waals surface area contributed by atoms with Gasteiger partial charge < -0.3 is 4.57 Å². The van der Waals surface area contributed by atoms with Gasteiger partial charge in [0, 0.05) is 29.7 Å². The minimum Gasteiger partial charge on any atom is -0.325 e. The number of nitrogens with zero attached hydrogens (tertiary/aromatic N) is 2. The number of imidazole rings is 1. The number of thioether (sulfide) groups is 1. The summed E-state index contributed by atoms with van der Waals surface area (Å²) in [5.74, 6) is 1.03. The van der Waals surface area contributed by atoms with Crippen LogP contribution >= 0.6 is 35.0 Å². The molecule has 1 aromatic heterocycles. The van der Waals surface area contributed by atoms with E-state index in [0.717, 1.165) is 28.7 Å². The molecule has 0 radical (unpaired) electrons. The van der Waals surface area contributed by atoms with Gasteiger partial charge in [-0.1, -0.05) is 53.2 Å². The van der Waals surface area contributed by atoms with Gasteiger partial charge in [0.2, 0.25) is 0 Å². The molecule has 1 aliphatic rings. The third kappa shape index (κ3) is 3.32. The summed E-state index contributed by atoms with van der Waals surface area (Å²) < 4.78 is 30.0. The number of hydrogen-bond acceptors (Lipinski definition) is 4. The maximum atomic E-state index is 12.7. The summed E-state index contributed by atoms with van der Waals surface area (Å²) in [7, 11) is -3.86. The summed E-state index contributed by atoms with van der Waals surface area (Å²) in [5.41, 5.74) is 2.08. The Labute approximate surface area is 165 Å². The summed E-state index contributed by atoms with van der Waals surface area (Å²) in [6.45, 7) is 0.937. The van der Waals surface area contributed by atoms with Crippen molar-refractivity contribution in [3.8, 4) is 11.3 Å². The van der Waals surface area contributed by atoms with Gasteiger partial charge in [-0.15, -0.1) is 0 Å². The molecule has 9 heteroatoms. The Kier molecular flexibility index (Phi) is 4.64. The van der Waals surface area contributed by atoms with Crippen molar-refractivity contribution in [1.29, 1.82) is 0 Å². The van der Waals surface area contributed by atoms with E-state index in [1.54, 1.807) is 42.1 Å². The highest BCUT2D eigenvalue weighted by atomic mass is 35.5. The number of rotatable bonds is 4. The van der Waals surface area contributed by atoms with Crippen LogP contribution in [0.25, 0.3) is 11.3 Å². The molecule has 2 heterocycles. The summed E-state index contributed by atoms with van der Waals surface area (Å²) >= 11 is 13.7. The Morgan fingerprint density at radius 1 is 1.15 bits per heavy atom. The summed E-state index contributed by atoms with van der Waals surface area (Å²) in [5, 5.41) is 1.17. The fourth-order valence-corrected chi connectivity index (χ4v) is 5.45. The third-order valence-electron chi connectivity index (χ3n) is 3.92. The first-order valence-electron chi connectivity index (χ1n) is 7.71. The highest BCUT2D eigenvalue weighted by Crippen LogP contribution is 2.32. The smallest absolute Gasteiger partial charge is 0.263 e. The highest BCUT2D eigenvalue weighted by Gasteiger charge is 2.20. The average Bonchev–Trinajstić information content (AvgIpc) is 3.19. The van der Waals surface area contributed by atoms with Crippen molar-refractivity contribution in [2.75, 3.05) is 10.5 Å². The standard InChI is InChI=1S/C17H13Cl2N3O2S2/c18-13-5-2-6-15(16(13)19)26(23,24)21-12-4-1-3-11(9-12)14-10-22-7-8-25-17(22)20-14/h1-6,9-10,21H,7-8H2. The number of aryl methyl sites for hydroxylation is 1. The molecule has 4 rings (SSSR count). The zero-order valence-electron chi connectivity index (χ0n) is 13.3. The minimum atomic E-state index is -3.86. The Bertz CT molecular complexity index is 1080. The molecule has 0 unspecified atom stereocenters. The van der Waals surface area contributed by atoms with Crippen molar-refractivity contribution in [3.63, 3.8) is 0 Å². The quantitative estimate of drug-likeness (QED) is 0.653. The SMILES string of the molecule is O=S(=O)(Nc1cccc(-c2cn3c(n2)SCC3)c1)c1cccc(Cl)c1Cl. The van der Waals surface area contributed by atoms with Crippen LogP contribution in [0.4, 0.5) is 5.69 Å². The number of sulfonamides is 1. The number of benzene rings is 2. The van der Waals surface area contributed by atoms with Crippen molar-refractivity contribution in [1.82, 2.24) is 9.55 Å². The molecule has 0 fully saturated rings. The molecule has 0 atom stereocenters. The van der Waals surface area contributed by atoms with Crippen LogP contribution in [0, 0.1) is 0 Å². The summed E-state index contributed by atoms with van der Waals surface area (Å²) in [6, 6.07) is 11.6. The van der Waals surface area contributed by atoms with Gasteiger partial charge >= 0.3 is 0 Å². The maximum Gasteiger partial charge on any atom is 0.263 e. The van der Waals surface area contributed by atoms with E-state index in [1.807, 2.05) is 12.3 Å². The van der Waals surface area contributed by atoms with Crippen LogP contribution in [0.2, 0.25) is 10.0 Å². The molecule has 0 amide bonds. The van der Waals surface area contributed by atoms with E-state index in [0.29, 0.717) is 5.69 Å². The molecular weight excluding hydrogens is 413 g/mol. The monoisotopic (exact) mass is 425 g/mol. The van der Waals surface area contributed by atoms with Crippen molar-refractivity contribution >= 4 is 50.7 Å². The fourth-order valence-electron chi connectivity index (χ4n) is 2.69. The second kappa shape index (κ2) is 6.81. The van der Waals surface area contributed by atoms with Gasteiger partial charge in [-0.2, -0.15) is 0 Å². The van der Waals surface area contributed by atoms with Crippen molar-refractivity contribution in [3.05, 3.63) is 58.7 Å². The first kappa shape index (κ1) is 17.7. The molecule has 1 aliphatic heterocycles. The Hall–Kier alpha value is -1.67. The molecule has 0 saturated heterocycles. The van der Waals surface area contributed by atoms with Crippen molar-refractivity contribution in [2.24, 2.45) is 0 Å². The number of aromatic nitrogens is 2. The van der Waals surface area contributed by atoms with Gasteiger partial charge in [0.1, 0.15) is 4.90 Å². The van der Waals surface area contributed by atoms with Crippen LogP contribution in [0.1, 0.15) is 0 Å². The summed E-state index contributed by atoms with van der Waals surface area (Å²) in [4.78, 5) is 4.53. The van der Waals surface area contributed by atoms with Crippen LogP contribution < -0.4 is 4.72 Å². The largest absolute Gasteiger partial charge is 0.325 e. The van der Waals surface area contributed by atoms with E-state index in [9.17, 15) is 8.42 Å². The molecule has 0 spiro atoms. The lowest BCUT2D eigenvalue weighted by Crippen LogP contribution is -2.13. The van der Waals surface area contributed by atoms with Gasteiger partial charge in [-0.25, -0.2) is 13.4 Å². The van der Waals surface area contributed by atoms with E-state index in [-0.39, 0.29) is 14.9 Å². The van der Waals surface area contributed by atoms with Crippen LogP contribution in [-0.4, -0.2) is 23.7 Å². The van der Waals surface area contributed by atoms with E-state index in [4.69, 9.17) is 23.2 Å². The topological polar surface area (TPSA) is 64.0 Å². The Balaban J connectivity index is 1.65. The van der Waals surface area contributed by atoms with Gasteiger partial charge in [0.05, 0.1) is 15.7 Å². The fraction of sp³-hybridized carbons (Fsp3) is 0.118. The van der Waals surface area contributed by atoms with E-state index >= 15 is 0 Å². The third-order valence-corrected chi connectivity index (χ3v) is 7.24. The molecule has 26 heavy (non-hydrogen) atoms. The van der Waals surface area contributed by atoms with E-state index in [2.05, 4.69) is 14.3 Å². The number of hydrogen-bond donors (Lipinski definition) is 1. The summed E-state index contributed by atoms with van der Waals surface area (Å²) in [6.07, 6.45) is 1.98. The number of nitrogens with one attached hydrogen (secondary N) is 1. The molecule has 0 bridgehead atoms. The van der Waals surface area contributed by atoms with Gasteiger partial charge in [-0.05, 0) is 24.3 Å². The lowest BCUT2D eigenvalue weighted by molar-refractivity contribution is 0.601. The maximum absolute atomic E-state index is 12.7. The van der Waals surface area contributed by atoms with Crippen LogP contribution in [-0.2, 0) is 16.6 Å². The van der Waals surface area contributed by atoms with E-state index < -0.39 is 10.0 Å². The predicted octanol–water partition coefficient (Wildman–Crippen LogP) is 4.76. The van der Waals surface area contributed by atoms with Crippen LogP contribution in [0.15, 0.2) is 58.7 Å². The average molecular weight is 426 g/mol. The van der Waals surface area contributed by atoms with Gasteiger partial charge in [0.25, 0.3) is 10.0 Å². The molecule has 5 nitrogen and oxygen atoms in total. The number of fused-ring (bicyclic) bond motifs is 1. The van der Waals surface area contributed by atoms with Crippen molar-refractivity contribution < 1.29 is 8.42 Å². The Morgan fingerprint density at radius 3 is 2.77 bits per heavy atom. The first-order valence-corrected chi connectivity index (χ1v) is 10.9. The number of halogens is 2. The van der Waals surface area contributed by atoms with Crippen molar-refractivity contribution in [2.45, 2.75) is 16.6 Å². The second-order valence-corrected chi connectivity index (χ2v) is 9.19. The first-order chi connectivity index (χ1) is 12.4. The molecule has 1 N–H and O–H groups in total. The molecular formula is C17H13Cl2N3O2S2. The predicted molar refractivity (Wildman–Crippen MR) is 106 cm³/mol. The Morgan fingerprint density at radius 2 is 1.96 bits per heavy atom. The van der Waals surface area contributed by atoms with Crippen LogP contribution in [0.5, 0.6) is 0 Å². The zero-order valence-corrected chi connectivity index (χ0v) is 16.5. The highest BCUT2D eigenvalue weighted by molar-refractivity contribution is 7.99. The van der Waals surface area contributed by atoms with Crippen LogP contribution in [0.3, 0.4) is 0 Å². The lowest BCUT2D eigenvalue weighted by atomic mass is 10.1. The zero-order chi connectivity index (χ0) is 18.3. The van der Waals surface area contributed by atoms with Gasteiger partial charge in [-0.3, -0.25) is 4.72 Å². The number of anilines is 1. The minimum absolute atomic E-state index is 0.000345. The van der Waals surface area contributed by atoms with E-state index in [1.165, 1.54) is 6.07 Å². The normalized spacial score (nSPS) is 13.6. The molecule has 3 aromatic rings. The lowest BCUT2D eigenvalue weighted by Gasteiger charge is -2.11. The molecule has 0 saturated carbocycles. The second-order valence-electron chi connectivity index (χ2n) is 5.69.